The van der Waals surface area contributed by atoms with Crippen LogP contribution >= 0.6 is 15.9 Å². The molecule has 132 valence electrons. The average molecular weight is 414 g/mol. The zero-order valence-electron chi connectivity index (χ0n) is 13.9. The first-order chi connectivity index (χ1) is 12.5. The predicted molar refractivity (Wildman–Crippen MR) is 104 cm³/mol. The molecule has 0 aliphatic rings. The van der Waals surface area contributed by atoms with E-state index in [1.54, 1.807) is 31.2 Å². The summed E-state index contributed by atoms with van der Waals surface area (Å²) < 4.78 is 1.88. The normalized spacial score (nSPS) is 11.5. The Morgan fingerprint density at radius 3 is 2.42 bits per heavy atom. The third-order valence-electron chi connectivity index (χ3n) is 3.87. The van der Waals surface area contributed by atoms with Gasteiger partial charge in [-0.1, -0.05) is 46.3 Å². The summed E-state index contributed by atoms with van der Waals surface area (Å²) in [6.07, 6.45) is 0. The van der Waals surface area contributed by atoms with Crippen LogP contribution in [0.3, 0.4) is 0 Å². The van der Waals surface area contributed by atoms with E-state index in [1.807, 2.05) is 30.3 Å². The van der Waals surface area contributed by atoms with Gasteiger partial charge in [-0.05, 0) is 36.8 Å². The highest BCUT2D eigenvalue weighted by Gasteiger charge is 2.17. The second kappa shape index (κ2) is 7.53. The molecule has 6 nitrogen and oxygen atoms in total. The van der Waals surface area contributed by atoms with E-state index in [1.165, 1.54) is 0 Å². The topological polar surface area (TPSA) is 87.4 Å². The molecular weight excluding hydrogens is 398 g/mol. The highest BCUT2D eigenvalue weighted by Crippen LogP contribution is 2.19. The quantitative estimate of drug-likeness (QED) is 0.644. The number of H-pyrrole nitrogens is 1. The van der Waals surface area contributed by atoms with Gasteiger partial charge in [0.2, 0.25) is 5.88 Å². The molecule has 0 aliphatic carbocycles. The fourth-order valence-electron chi connectivity index (χ4n) is 2.55. The van der Waals surface area contributed by atoms with E-state index in [9.17, 15) is 14.7 Å². The third kappa shape index (κ3) is 3.67. The molecule has 1 heterocycles. The number of rotatable bonds is 4. The molecule has 2 N–H and O–H groups in total. The van der Waals surface area contributed by atoms with Crippen molar-refractivity contribution < 1.29 is 5.11 Å². The number of nitrogens with one attached hydrogen (secondary N) is 1. The highest BCUT2D eigenvalue weighted by atomic mass is 79.9. The lowest BCUT2D eigenvalue weighted by Gasteiger charge is -2.11. The van der Waals surface area contributed by atoms with Gasteiger partial charge in [0.05, 0.1) is 17.9 Å². The van der Waals surface area contributed by atoms with Gasteiger partial charge in [0.15, 0.2) is 0 Å². The summed E-state index contributed by atoms with van der Waals surface area (Å²) in [4.78, 5) is 31.0. The Labute approximate surface area is 157 Å². The van der Waals surface area contributed by atoms with Crippen molar-refractivity contribution in [2.24, 2.45) is 4.99 Å². The van der Waals surface area contributed by atoms with Crippen LogP contribution in [-0.2, 0) is 6.54 Å². The van der Waals surface area contributed by atoms with Crippen molar-refractivity contribution in [1.29, 1.82) is 0 Å². The largest absolute Gasteiger partial charge is 0.493 e. The molecule has 0 unspecified atom stereocenters. The van der Waals surface area contributed by atoms with Gasteiger partial charge in [0.25, 0.3) is 5.56 Å². The minimum Gasteiger partial charge on any atom is -0.493 e. The lowest BCUT2D eigenvalue weighted by atomic mass is 10.2. The molecule has 0 radical (unpaired) electrons. The minimum atomic E-state index is -0.713. The first-order valence-electron chi connectivity index (χ1n) is 7.87. The molecular formula is C19H16BrN3O3. The Morgan fingerprint density at radius 2 is 1.77 bits per heavy atom. The maximum absolute atomic E-state index is 12.2. The monoisotopic (exact) mass is 413 g/mol. The van der Waals surface area contributed by atoms with Crippen molar-refractivity contribution in [2.45, 2.75) is 13.5 Å². The molecule has 2 aromatic carbocycles. The van der Waals surface area contributed by atoms with Crippen molar-refractivity contribution >= 4 is 21.6 Å². The van der Waals surface area contributed by atoms with Gasteiger partial charge in [-0.15, -0.1) is 0 Å². The van der Waals surface area contributed by atoms with Crippen LogP contribution in [0.2, 0.25) is 0 Å². The minimum absolute atomic E-state index is 0.0246. The Bertz CT molecular complexity index is 1070. The number of aliphatic imine (C=N–C) groups is 1. The summed E-state index contributed by atoms with van der Waals surface area (Å²) in [5.74, 6) is -0.435. The SMILES string of the molecule is CC(=NCc1ccccc1)c1c(O)n(-c2ccc(Br)cc2)c(=O)[nH]c1=O. The number of aromatic hydroxyl groups is 1. The summed E-state index contributed by atoms with van der Waals surface area (Å²) in [7, 11) is 0. The summed E-state index contributed by atoms with van der Waals surface area (Å²) in [5.41, 5.74) is 0.347. The van der Waals surface area contributed by atoms with Crippen molar-refractivity contribution in [2.75, 3.05) is 0 Å². The van der Waals surface area contributed by atoms with Gasteiger partial charge in [0.1, 0.15) is 5.56 Å². The average Bonchev–Trinajstić information content (AvgIpc) is 2.62. The number of benzene rings is 2. The number of aromatic nitrogens is 2. The van der Waals surface area contributed by atoms with Gasteiger partial charge in [-0.25, -0.2) is 9.36 Å². The predicted octanol–water partition coefficient (Wildman–Crippen LogP) is 3.00. The smallest absolute Gasteiger partial charge is 0.335 e. The number of halogens is 1. The van der Waals surface area contributed by atoms with E-state index in [2.05, 4.69) is 25.9 Å². The summed E-state index contributed by atoms with van der Waals surface area (Å²) in [6, 6.07) is 16.3. The highest BCUT2D eigenvalue weighted by molar-refractivity contribution is 9.10. The van der Waals surface area contributed by atoms with E-state index >= 15 is 0 Å². The molecule has 0 aliphatic heterocycles. The van der Waals surface area contributed by atoms with Crippen molar-refractivity contribution in [3.8, 4) is 11.6 Å². The molecule has 0 spiro atoms. The Balaban J connectivity index is 2.07. The molecule has 3 rings (SSSR count). The molecule has 0 fully saturated rings. The van der Waals surface area contributed by atoms with Crippen LogP contribution in [0.15, 0.2) is 73.7 Å². The van der Waals surface area contributed by atoms with E-state index in [0.29, 0.717) is 17.9 Å². The van der Waals surface area contributed by atoms with Gasteiger partial charge in [-0.2, -0.15) is 0 Å². The number of hydrogen-bond donors (Lipinski definition) is 2. The second-order valence-electron chi connectivity index (χ2n) is 5.66. The van der Waals surface area contributed by atoms with Crippen LogP contribution in [-0.4, -0.2) is 20.4 Å². The zero-order valence-corrected chi connectivity index (χ0v) is 15.5. The Kier molecular flexibility index (Phi) is 5.18. The Hall–Kier alpha value is -2.93. The first-order valence-corrected chi connectivity index (χ1v) is 8.66. The van der Waals surface area contributed by atoms with Crippen molar-refractivity contribution in [3.05, 3.63) is 91.0 Å². The first kappa shape index (κ1) is 17.9. The van der Waals surface area contributed by atoms with Crippen molar-refractivity contribution in [1.82, 2.24) is 9.55 Å². The molecule has 0 amide bonds. The molecule has 7 heteroatoms. The van der Waals surface area contributed by atoms with Gasteiger partial charge >= 0.3 is 5.69 Å². The molecule has 1 aromatic heterocycles. The van der Waals surface area contributed by atoms with Crippen LogP contribution in [0.5, 0.6) is 5.88 Å². The van der Waals surface area contributed by atoms with Crippen LogP contribution in [0.4, 0.5) is 0 Å². The molecule has 0 atom stereocenters. The molecule has 0 saturated heterocycles. The summed E-state index contributed by atoms with van der Waals surface area (Å²) >= 11 is 3.32. The maximum atomic E-state index is 12.2. The van der Waals surface area contributed by atoms with Crippen LogP contribution in [0.1, 0.15) is 18.1 Å². The van der Waals surface area contributed by atoms with Gasteiger partial charge in [0, 0.05) is 4.47 Å². The summed E-state index contributed by atoms with van der Waals surface area (Å²) in [5, 5.41) is 10.6. The van der Waals surface area contributed by atoms with E-state index < -0.39 is 17.1 Å². The third-order valence-corrected chi connectivity index (χ3v) is 4.40. The lowest BCUT2D eigenvalue weighted by Crippen LogP contribution is -2.32. The van der Waals surface area contributed by atoms with E-state index in [0.717, 1.165) is 14.6 Å². The number of hydrogen-bond acceptors (Lipinski definition) is 4. The molecule has 3 aromatic rings. The zero-order chi connectivity index (χ0) is 18.7. The fourth-order valence-corrected chi connectivity index (χ4v) is 2.82. The fraction of sp³-hybridized carbons (Fsp3) is 0.105. The van der Waals surface area contributed by atoms with Crippen LogP contribution in [0.25, 0.3) is 5.69 Å². The Morgan fingerprint density at radius 1 is 1.12 bits per heavy atom. The van der Waals surface area contributed by atoms with E-state index in [-0.39, 0.29) is 5.56 Å². The number of nitrogens with zero attached hydrogens (tertiary/aromatic N) is 2. The van der Waals surface area contributed by atoms with Crippen LogP contribution in [0, 0.1) is 0 Å². The number of aromatic amines is 1. The molecule has 0 saturated carbocycles. The molecule has 26 heavy (non-hydrogen) atoms. The second-order valence-corrected chi connectivity index (χ2v) is 6.57. The lowest BCUT2D eigenvalue weighted by molar-refractivity contribution is 0.429. The maximum Gasteiger partial charge on any atom is 0.335 e. The standard InChI is InChI=1S/C19H16BrN3O3/c1-12(21-11-13-5-3-2-4-6-13)16-17(24)22-19(26)23(18(16)25)15-9-7-14(20)8-10-15/h2-10,25H,11H2,1H3,(H,22,24,26). The van der Waals surface area contributed by atoms with Gasteiger partial charge in [-0.3, -0.25) is 14.8 Å². The van der Waals surface area contributed by atoms with Crippen molar-refractivity contribution in [3.63, 3.8) is 0 Å². The van der Waals surface area contributed by atoms with Crippen LogP contribution < -0.4 is 11.2 Å². The molecule has 0 bridgehead atoms. The van der Waals surface area contributed by atoms with E-state index in [4.69, 9.17) is 0 Å². The summed E-state index contributed by atoms with van der Waals surface area (Å²) in [6.45, 7) is 1.99. The van der Waals surface area contributed by atoms with Gasteiger partial charge < -0.3 is 5.11 Å².